The predicted molar refractivity (Wildman–Crippen MR) is 78.1 cm³/mol. The molecule has 3 N–H and O–H groups in total. The van der Waals surface area contributed by atoms with E-state index >= 15 is 0 Å². The summed E-state index contributed by atoms with van der Waals surface area (Å²) in [5, 5.41) is 3.20. The summed E-state index contributed by atoms with van der Waals surface area (Å²) in [6, 6.07) is 0.363. The fourth-order valence-corrected chi connectivity index (χ4v) is 4.44. The van der Waals surface area contributed by atoms with Crippen LogP contribution in [-0.4, -0.2) is 30.2 Å². The molecule has 1 heterocycles. The van der Waals surface area contributed by atoms with Gasteiger partial charge in [0, 0.05) is 24.0 Å². The molecule has 0 spiro atoms. The van der Waals surface area contributed by atoms with Crippen LogP contribution in [0.3, 0.4) is 0 Å². The molecule has 3 fully saturated rings. The lowest BCUT2D eigenvalue weighted by atomic mass is 9.46. The van der Waals surface area contributed by atoms with Crippen molar-refractivity contribution in [3.63, 3.8) is 0 Å². The lowest BCUT2D eigenvalue weighted by Crippen LogP contribution is -2.82. The predicted octanol–water partition coefficient (Wildman–Crippen LogP) is 1.82. The SMILES string of the molecule is CCCC1CC1NC(=O)C1(N)C2CCCOC2C1(C)C. The summed E-state index contributed by atoms with van der Waals surface area (Å²) in [6.45, 7) is 7.16. The van der Waals surface area contributed by atoms with E-state index < -0.39 is 5.54 Å². The molecule has 0 aromatic carbocycles. The minimum absolute atomic E-state index is 0.0536. The highest BCUT2D eigenvalue weighted by Gasteiger charge is 2.70. The van der Waals surface area contributed by atoms with Gasteiger partial charge in [-0.15, -0.1) is 0 Å². The molecule has 1 aliphatic heterocycles. The number of carbonyl (C=O) groups excluding carboxylic acids is 1. The second-order valence-electron chi connectivity index (χ2n) is 7.50. The van der Waals surface area contributed by atoms with Gasteiger partial charge in [0.2, 0.25) is 5.91 Å². The Labute approximate surface area is 121 Å². The number of hydrogen-bond donors (Lipinski definition) is 2. The molecule has 0 radical (unpaired) electrons. The lowest BCUT2D eigenvalue weighted by molar-refractivity contribution is -0.225. The first kappa shape index (κ1) is 14.3. The highest BCUT2D eigenvalue weighted by molar-refractivity contribution is 5.90. The summed E-state index contributed by atoms with van der Waals surface area (Å²) in [7, 11) is 0. The van der Waals surface area contributed by atoms with Gasteiger partial charge in [0.15, 0.2) is 0 Å². The van der Waals surface area contributed by atoms with E-state index in [4.69, 9.17) is 10.5 Å². The molecule has 0 aromatic rings. The summed E-state index contributed by atoms with van der Waals surface area (Å²) >= 11 is 0. The first-order valence-corrected chi connectivity index (χ1v) is 8.14. The van der Waals surface area contributed by atoms with Crippen LogP contribution in [-0.2, 0) is 9.53 Å². The minimum Gasteiger partial charge on any atom is -0.377 e. The molecule has 0 aromatic heterocycles. The van der Waals surface area contributed by atoms with Gasteiger partial charge in [-0.1, -0.05) is 27.2 Å². The number of ether oxygens (including phenoxy) is 1. The van der Waals surface area contributed by atoms with E-state index in [0.29, 0.717) is 12.0 Å². The van der Waals surface area contributed by atoms with E-state index in [1.165, 1.54) is 12.8 Å². The maximum atomic E-state index is 12.7. The number of nitrogens with one attached hydrogen (secondary N) is 1. The van der Waals surface area contributed by atoms with E-state index in [9.17, 15) is 4.79 Å². The Morgan fingerprint density at radius 2 is 2.20 bits per heavy atom. The summed E-state index contributed by atoms with van der Waals surface area (Å²) in [6.07, 6.45) is 5.71. The standard InChI is InChI=1S/C16H28N2O2/c1-4-6-10-9-12(10)18-14(19)16(17)11-7-5-8-20-13(11)15(16,2)3/h10-13H,4-9,17H2,1-3H3,(H,18,19). The van der Waals surface area contributed by atoms with Gasteiger partial charge in [-0.25, -0.2) is 0 Å². The summed E-state index contributed by atoms with van der Waals surface area (Å²) in [5.41, 5.74) is 5.56. The number of fused-ring (bicyclic) bond motifs is 1. The fourth-order valence-electron chi connectivity index (χ4n) is 4.44. The zero-order valence-corrected chi connectivity index (χ0v) is 12.9. The number of rotatable bonds is 4. The smallest absolute Gasteiger partial charge is 0.241 e. The van der Waals surface area contributed by atoms with E-state index in [1.54, 1.807) is 0 Å². The average molecular weight is 280 g/mol. The summed E-state index contributed by atoms with van der Waals surface area (Å²) in [5.74, 6) is 0.918. The third-order valence-electron chi connectivity index (χ3n) is 5.96. The van der Waals surface area contributed by atoms with Crippen molar-refractivity contribution in [2.45, 2.75) is 70.6 Å². The first-order valence-electron chi connectivity index (χ1n) is 8.14. The Bertz CT molecular complexity index is 409. The van der Waals surface area contributed by atoms with Crippen molar-refractivity contribution in [1.29, 1.82) is 0 Å². The second-order valence-corrected chi connectivity index (χ2v) is 7.50. The van der Waals surface area contributed by atoms with Gasteiger partial charge in [0.05, 0.1) is 6.10 Å². The van der Waals surface area contributed by atoms with E-state index in [1.807, 2.05) is 0 Å². The molecule has 2 aliphatic carbocycles. The van der Waals surface area contributed by atoms with Crippen molar-refractivity contribution in [1.82, 2.24) is 5.32 Å². The van der Waals surface area contributed by atoms with Crippen molar-refractivity contribution in [2.24, 2.45) is 23.0 Å². The molecule has 3 aliphatic rings. The highest BCUT2D eigenvalue weighted by atomic mass is 16.5. The van der Waals surface area contributed by atoms with E-state index in [0.717, 1.165) is 25.9 Å². The van der Waals surface area contributed by atoms with Crippen LogP contribution in [0.5, 0.6) is 0 Å². The van der Waals surface area contributed by atoms with Crippen LogP contribution in [0.25, 0.3) is 0 Å². The van der Waals surface area contributed by atoms with E-state index in [-0.39, 0.29) is 23.3 Å². The topological polar surface area (TPSA) is 64.4 Å². The molecule has 2 saturated carbocycles. The zero-order valence-electron chi connectivity index (χ0n) is 12.9. The van der Waals surface area contributed by atoms with Gasteiger partial charge in [0.25, 0.3) is 0 Å². The van der Waals surface area contributed by atoms with Crippen LogP contribution in [0.4, 0.5) is 0 Å². The molecule has 4 heteroatoms. The molecule has 20 heavy (non-hydrogen) atoms. The van der Waals surface area contributed by atoms with Gasteiger partial charge in [-0.3, -0.25) is 4.79 Å². The van der Waals surface area contributed by atoms with Gasteiger partial charge in [0.1, 0.15) is 5.54 Å². The Kier molecular flexibility index (Phi) is 3.37. The van der Waals surface area contributed by atoms with Crippen LogP contribution < -0.4 is 11.1 Å². The third kappa shape index (κ3) is 1.84. The van der Waals surface area contributed by atoms with Crippen molar-refractivity contribution in [3.05, 3.63) is 0 Å². The number of nitrogens with two attached hydrogens (primary N) is 1. The molecule has 4 nitrogen and oxygen atoms in total. The summed E-state index contributed by atoms with van der Waals surface area (Å²) in [4.78, 5) is 12.7. The number of hydrogen-bond acceptors (Lipinski definition) is 3. The summed E-state index contributed by atoms with van der Waals surface area (Å²) < 4.78 is 5.86. The van der Waals surface area contributed by atoms with Gasteiger partial charge in [-0.05, 0) is 31.6 Å². The van der Waals surface area contributed by atoms with Gasteiger partial charge < -0.3 is 15.8 Å². The molecule has 0 bridgehead atoms. The fraction of sp³-hybridized carbons (Fsp3) is 0.938. The van der Waals surface area contributed by atoms with Gasteiger partial charge in [-0.2, -0.15) is 0 Å². The molecular weight excluding hydrogens is 252 g/mol. The molecular formula is C16H28N2O2. The van der Waals surface area contributed by atoms with Crippen molar-refractivity contribution in [2.75, 3.05) is 6.61 Å². The van der Waals surface area contributed by atoms with Crippen LogP contribution in [0.2, 0.25) is 0 Å². The molecule has 1 amide bonds. The maximum Gasteiger partial charge on any atom is 0.241 e. The molecule has 5 unspecified atom stereocenters. The molecule has 114 valence electrons. The highest BCUT2D eigenvalue weighted by Crippen LogP contribution is 2.57. The first-order chi connectivity index (χ1) is 9.42. The largest absolute Gasteiger partial charge is 0.377 e. The Balaban J connectivity index is 1.67. The monoisotopic (exact) mass is 280 g/mol. The lowest BCUT2D eigenvalue weighted by Gasteiger charge is -2.65. The van der Waals surface area contributed by atoms with Crippen molar-refractivity contribution < 1.29 is 9.53 Å². The zero-order chi connectivity index (χ0) is 14.5. The maximum absolute atomic E-state index is 12.7. The Morgan fingerprint density at radius 3 is 2.90 bits per heavy atom. The molecule has 1 saturated heterocycles. The van der Waals surface area contributed by atoms with Crippen LogP contribution in [0.1, 0.15) is 52.9 Å². The third-order valence-corrected chi connectivity index (χ3v) is 5.96. The Hall–Kier alpha value is -0.610. The van der Waals surface area contributed by atoms with Gasteiger partial charge >= 0.3 is 0 Å². The number of amides is 1. The van der Waals surface area contributed by atoms with Crippen LogP contribution in [0, 0.1) is 17.3 Å². The second kappa shape index (κ2) is 4.70. The normalized spacial score (nSPS) is 45.2. The number of carbonyl (C=O) groups is 1. The average Bonchev–Trinajstić information content (AvgIpc) is 3.16. The van der Waals surface area contributed by atoms with Crippen molar-refractivity contribution >= 4 is 5.91 Å². The van der Waals surface area contributed by atoms with E-state index in [2.05, 4.69) is 26.1 Å². The molecule has 5 atom stereocenters. The van der Waals surface area contributed by atoms with Crippen molar-refractivity contribution in [3.8, 4) is 0 Å². The Morgan fingerprint density at radius 1 is 1.45 bits per heavy atom. The molecule has 3 rings (SSSR count). The minimum atomic E-state index is -0.753. The van der Waals surface area contributed by atoms with Crippen LogP contribution in [0.15, 0.2) is 0 Å². The quantitative estimate of drug-likeness (QED) is 0.825. The van der Waals surface area contributed by atoms with Crippen LogP contribution >= 0.6 is 0 Å².